The minimum atomic E-state index is -3.73. The summed E-state index contributed by atoms with van der Waals surface area (Å²) in [6, 6.07) is 2.60. The van der Waals surface area contributed by atoms with Crippen molar-refractivity contribution in [2.45, 2.75) is 18.6 Å². The zero-order chi connectivity index (χ0) is 14.0. The number of aldehydes is 1. The van der Waals surface area contributed by atoms with Crippen LogP contribution < -0.4 is 0 Å². The minimum absolute atomic E-state index is 0.0130. The number of furan rings is 1. The number of thiazole rings is 1. The summed E-state index contributed by atoms with van der Waals surface area (Å²) in [5, 5.41) is -0.237. The second kappa shape index (κ2) is 5.24. The zero-order valence-corrected chi connectivity index (χ0v) is 12.0. The Kier molecular flexibility index (Phi) is 3.83. The largest absolute Gasteiger partial charge is 0.440 e. The van der Waals surface area contributed by atoms with Crippen LogP contribution in [0.15, 0.2) is 27.2 Å². The highest BCUT2D eigenvalue weighted by Gasteiger charge is 2.25. The first kappa shape index (κ1) is 13.9. The van der Waals surface area contributed by atoms with Crippen LogP contribution in [-0.4, -0.2) is 31.0 Å². The van der Waals surface area contributed by atoms with Crippen molar-refractivity contribution in [2.24, 2.45) is 0 Å². The molecule has 0 aromatic carbocycles. The first-order valence-electron chi connectivity index (χ1n) is 5.35. The van der Waals surface area contributed by atoms with Crippen molar-refractivity contribution in [2.75, 3.05) is 7.05 Å². The third-order valence-electron chi connectivity index (χ3n) is 2.59. The number of rotatable bonds is 5. The first-order valence-corrected chi connectivity index (χ1v) is 7.67. The van der Waals surface area contributed by atoms with Gasteiger partial charge >= 0.3 is 0 Å². The van der Waals surface area contributed by atoms with Gasteiger partial charge in [0.1, 0.15) is 0 Å². The topological polar surface area (TPSA) is 80.5 Å². The normalized spacial score (nSPS) is 11.9. The molecule has 0 aliphatic rings. The molecule has 2 heterocycles. The Morgan fingerprint density at radius 3 is 2.74 bits per heavy atom. The van der Waals surface area contributed by atoms with Crippen LogP contribution in [0.4, 0.5) is 0 Å². The molecule has 19 heavy (non-hydrogen) atoms. The van der Waals surface area contributed by atoms with Crippen LogP contribution >= 0.6 is 11.3 Å². The highest BCUT2D eigenvalue weighted by molar-refractivity contribution is 7.88. The summed E-state index contributed by atoms with van der Waals surface area (Å²) in [6.07, 6.45) is 0.465. The van der Waals surface area contributed by atoms with Crippen molar-refractivity contribution in [1.29, 1.82) is 0 Å². The van der Waals surface area contributed by atoms with Crippen LogP contribution in [0.25, 0.3) is 0 Å². The lowest BCUT2D eigenvalue weighted by atomic mass is 10.4. The van der Waals surface area contributed by atoms with E-state index in [1.54, 1.807) is 5.51 Å². The van der Waals surface area contributed by atoms with Crippen LogP contribution in [-0.2, 0) is 16.6 Å². The van der Waals surface area contributed by atoms with Crippen molar-refractivity contribution in [3.63, 3.8) is 0 Å². The number of hydrogen-bond acceptors (Lipinski definition) is 6. The summed E-state index contributed by atoms with van der Waals surface area (Å²) in [5.41, 5.74) is 2.47. The SMILES string of the molecule is Cc1ncsc1CN(C)S(=O)(=O)c1ccc(C=O)o1. The standard InChI is InChI=1S/C11H12N2O4S2/c1-8-10(18-7-12-8)5-13(2)19(15,16)11-4-3-9(6-14)17-11/h3-4,6-7H,5H2,1-2H3. The van der Waals surface area contributed by atoms with Crippen LogP contribution in [0.5, 0.6) is 0 Å². The van der Waals surface area contributed by atoms with Gasteiger partial charge in [-0.25, -0.2) is 13.4 Å². The fourth-order valence-corrected chi connectivity index (χ4v) is 3.41. The van der Waals surface area contributed by atoms with Crippen molar-refractivity contribution >= 4 is 27.6 Å². The molecule has 0 radical (unpaired) electrons. The lowest BCUT2D eigenvalue weighted by Gasteiger charge is -2.14. The quantitative estimate of drug-likeness (QED) is 0.785. The van der Waals surface area contributed by atoms with Crippen molar-refractivity contribution in [3.8, 4) is 0 Å². The van der Waals surface area contributed by atoms with E-state index in [0.717, 1.165) is 10.6 Å². The number of sulfonamides is 1. The number of aryl methyl sites for hydroxylation is 1. The van der Waals surface area contributed by atoms with Gasteiger partial charge in [-0.3, -0.25) is 4.79 Å². The second-order valence-electron chi connectivity index (χ2n) is 3.90. The predicted octanol–water partition coefficient (Wildman–Crippen LogP) is 1.68. The van der Waals surface area contributed by atoms with E-state index >= 15 is 0 Å². The second-order valence-corrected chi connectivity index (χ2v) is 6.81. The fourth-order valence-electron chi connectivity index (χ4n) is 1.46. The summed E-state index contributed by atoms with van der Waals surface area (Å²) in [6.45, 7) is 2.04. The predicted molar refractivity (Wildman–Crippen MR) is 69.6 cm³/mol. The zero-order valence-electron chi connectivity index (χ0n) is 10.4. The molecule has 0 amide bonds. The van der Waals surface area contributed by atoms with E-state index in [9.17, 15) is 13.2 Å². The van der Waals surface area contributed by atoms with Crippen molar-refractivity contribution in [1.82, 2.24) is 9.29 Å². The molecule has 0 bridgehead atoms. The Bertz CT molecular complexity index is 687. The van der Waals surface area contributed by atoms with Gasteiger partial charge in [0.25, 0.3) is 10.0 Å². The monoisotopic (exact) mass is 300 g/mol. The molecule has 2 aromatic heterocycles. The van der Waals surface area contributed by atoms with Gasteiger partial charge in [0, 0.05) is 18.5 Å². The maximum Gasteiger partial charge on any atom is 0.276 e. The summed E-state index contributed by atoms with van der Waals surface area (Å²) in [5.74, 6) is -0.0130. The maximum absolute atomic E-state index is 12.2. The van der Waals surface area contributed by atoms with Gasteiger partial charge < -0.3 is 4.42 Å². The summed E-state index contributed by atoms with van der Waals surface area (Å²) < 4.78 is 30.5. The number of carbonyl (C=O) groups excluding carboxylic acids is 1. The van der Waals surface area contributed by atoms with Crippen LogP contribution in [0, 0.1) is 6.92 Å². The highest BCUT2D eigenvalue weighted by Crippen LogP contribution is 2.21. The van der Waals surface area contributed by atoms with E-state index in [1.807, 2.05) is 6.92 Å². The van der Waals surface area contributed by atoms with Gasteiger partial charge in [-0.2, -0.15) is 4.31 Å². The van der Waals surface area contributed by atoms with E-state index in [-0.39, 0.29) is 17.4 Å². The Hall–Kier alpha value is -1.51. The molecule has 0 fully saturated rings. The van der Waals surface area contributed by atoms with Gasteiger partial charge in [-0.05, 0) is 19.1 Å². The molecular formula is C11H12N2O4S2. The van der Waals surface area contributed by atoms with E-state index < -0.39 is 10.0 Å². The molecular weight excluding hydrogens is 288 g/mol. The van der Waals surface area contributed by atoms with Crippen molar-refractivity contribution in [3.05, 3.63) is 34.0 Å². The molecule has 0 saturated carbocycles. The highest BCUT2D eigenvalue weighted by atomic mass is 32.2. The molecule has 8 heteroatoms. The molecule has 0 N–H and O–H groups in total. The van der Waals surface area contributed by atoms with Gasteiger partial charge in [0.2, 0.25) is 5.09 Å². The molecule has 102 valence electrons. The van der Waals surface area contributed by atoms with Crippen LogP contribution in [0.1, 0.15) is 21.1 Å². The number of aromatic nitrogens is 1. The van der Waals surface area contributed by atoms with Crippen molar-refractivity contribution < 1.29 is 17.6 Å². The van der Waals surface area contributed by atoms with Gasteiger partial charge in [0.05, 0.1) is 11.2 Å². The lowest BCUT2D eigenvalue weighted by molar-refractivity contribution is 0.109. The number of hydrogen-bond donors (Lipinski definition) is 0. The lowest BCUT2D eigenvalue weighted by Crippen LogP contribution is -2.26. The third-order valence-corrected chi connectivity index (χ3v) is 5.19. The van der Waals surface area contributed by atoms with E-state index in [2.05, 4.69) is 4.98 Å². The van der Waals surface area contributed by atoms with Gasteiger partial charge in [-0.15, -0.1) is 11.3 Å². The molecule has 2 aromatic rings. The summed E-state index contributed by atoms with van der Waals surface area (Å²) in [7, 11) is -2.28. The molecule has 0 saturated heterocycles. The molecule has 0 aliphatic carbocycles. The summed E-state index contributed by atoms with van der Waals surface area (Å²) in [4.78, 5) is 15.4. The minimum Gasteiger partial charge on any atom is -0.440 e. The molecule has 0 aliphatic heterocycles. The maximum atomic E-state index is 12.2. The van der Waals surface area contributed by atoms with Crippen LogP contribution in [0.3, 0.4) is 0 Å². The van der Waals surface area contributed by atoms with E-state index in [0.29, 0.717) is 6.29 Å². The Balaban J connectivity index is 2.24. The molecule has 0 spiro atoms. The molecule has 0 unspecified atom stereocenters. The Morgan fingerprint density at radius 2 is 2.21 bits per heavy atom. The van der Waals surface area contributed by atoms with E-state index in [4.69, 9.17) is 4.42 Å². The average Bonchev–Trinajstić information content (AvgIpc) is 2.99. The Labute approximate surface area is 114 Å². The summed E-state index contributed by atoms with van der Waals surface area (Å²) >= 11 is 1.39. The van der Waals surface area contributed by atoms with E-state index in [1.165, 1.54) is 34.8 Å². The Morgan fingerprint density at radius 1 is 1.47 bits per heavy atom. The average molecular weight is 300 g/mol. The smallest absolute Gasteiger partial charge is 0.276 e. The van der Waals surface area contributed by atoms with Gasteiger partial charge in [-0.1, -0.05) is 0 Å². The van der Waals surface area contributed by atoms with Gasteiger partial charge in [0.15, 0.2) is 12.0 Å². The third kappa shape index (κ3) is 2.75. The first-order chi connectivity index (χ1) is 8.95. The number of carbonyl (C=O) groups is 1. The van der Waals surface area contributed by atoms with Crippen LogP contribution in [0.2, 0.25) is 0 Å². The fraction of sp³-hybridized carbons (Fsp3) is 0.273. The molecule has 0 atom stereocenters. The molecule has 6 nitrogen and oxygen atoms in total. The number of nitrogens with zero attached hydrogens (tertiary/aromatic N) is 2. The molecule has 2 rings (SSSR count).